The summed E-state index contributed by atoms with van der Waals surface area (Å²) in [6, 6.07) is 3.29. The number of nitriles is 1. The predicted octanol–water partition coefficient (Wildman–Crippen LogP) is -0.106. The monoisotopic (exact) mass is 160 g/mol. The van der Waals surface area contributed by atoms with Gasteiger partial charge in [0.15, 0.2) is 5.65 Å². The molecule has 0 unspecified atom stereocenters. The van der Waals surface area contributed by atoms with E-state index in [1.165, 1.54) is 23.0 Å². The van der Waals surface area contributed by atoms with Crippen molar-refractivity contribution in [3.8, 4) is 6.07 Å². The van der Waals surface area contributed by atoms with Crippen molar-refractivity contribution in [1.29, 1.82) is 5.26 Å². The fourth-order valence-corrected chi connectivity index (χ4v) is 0.959. The van der Waals surface area contributed by atoms with E-state index in [0.717, 1.165) is 0 Å². The van der Waals surface area contributed by atoms with Gasteiger partial charge in [-0.2, -0.15) is 5.26 Å². The van der Waals surface area contributed by atoms with Crippen LogP contribution in [0.25, 0.3) is 5.65 Å². The van der Waals surface area contributed by atoms with Gasteiger partial charge in [-0.3, -0.25) is 9.89 Å². The van der Waals surface area contributed by atoms with Gasteiger partial charge in [0.1, 0.15) is 6.07 Å². The second-order valence-electron chi connectivity index (χ2n) is 2.30. The standard InChI is InChI=1S/C7H4N4O/c8-2-5-3-9-6-1-7(12)10-11(6)4-5/h1,3-4H,(H,10,12). The lowest BCUT2D eigenvalue weighted by molar-refractivity contribution is 0.916. The fourth-order valence-electron chi connectivity index (χ4n) is 0.959. The van der Waals surface area contributed by atoms with E-state index in [1.807, 2.05) is 6.07 Å². The Labute approximate surface area is 66.9 Å². The van der Waals surface area contributed by atoms with Gasteiger partial charge >= 0.3 is 0 Å². The summed E-state index contributed by atoms with van der Waals surface area (Å²) >= 11 is 0. The minimum absolute atomic E-state index is 0.224. The van der Waals surface area contributed by atoms with E-state index in [9.17, 15) is 4.79 Å². The molecule has 0 amide bonds. The van der Waals surface area contributed by atoms with Gasteiger partial charge in [-0.15, -0.1) is 0 Å². The summed E-state index contributed by atoms with van der Waals surface area (Å²) in [7, 11) is 0. The van der Waals surface area contributed by atoms with Crippen LogP contribution in [0, 0.1) is 11.3 Å². The Hall–Kier alpha value is -2.09. The molecule has 5 nitrogen and oxygen atoms in total. The number of aromatic nitrogens is 3. The molecule has 5 heteroatoms. The molecule has 0 aromatic carbocycles. The number of nitrogens with one attached hydrogen (secondary N) is 1. The minimum Gasteiger partial charge on any atom is -0.268 e. The highest BCUT2D eigenvalue weighted by atomic mass is 16.1. The van der Waals surface area contributed by atoms with Crippen molar-refractivity contribution < 1.29 is 0 Å². The topological polar surface area (TPSA) is 73.9 Å². The van der Waals surface area contributed by atoms with Gasteiger partial charge in [-0.05, 0) is 0 Å². The predicted molar refractivity (Wildman–Crippen MR) is 40.5 cm³/mol. The molecular weight excluding hydrogens is 156 g/mol. The lowest BCUT2D eigenvalue weighted by atomic mass is 10.4. The number of H-pyrrole nitrogens is 1. The van der Waals surface area contributed by atoms with Crippen LogP contribution in [0.15, 0.2) is 23.3 Å². The number of rotatable bonds is 0. The first-order valence-corrected chi connectivity index (χ1v) is 3.27. The van der Waals surface area contributed by atoms with Crippen molar-refractivity contribution in [3.05, 3.63) is 34.4 Å². The Balaban J connectivity index is 2.85. The summed E-state index contributed by atoms with van der Waals surface area (Å²) in [6.07, 6.45) is 2.94. The molecule has 0 bridgehead atoms. The number of hydrogen-bond donors (Lipinski definition) is 1. The van der Waals surface area contributed by atoms with Gasteiger partial charge in [0.25, 0.3) is 5.56 Å². The Bertz CT molecular complexity index is 516. The molecule has 0 radical (unpaired) electrons. The van der Waals surface area contributed by atoms with Crippen molar-refractivity contribution in [2.45, 2.75) is 0 Å². The van der Waals surface area contributed by atoms with Crippen LogP contribution in [0.3, 0.4) is 0 Å². The molecular formula is C7H4N4O. The van der Waals surface area contributed by atoms with Gasteiger partial charge in [0.2, 0.25) is 0 Å². The smallest absolute Gasteiger partial charge is 0.266 e. The number of nitrogens with zero attached hydrogens (tertiary/aromatic N) is 3. The third kappa shape index (κ3) is 0.864. The average Bonchev–Trinajstić information content (AvgIpc) is 2.43. The van der Waals surface area contributed by atoms with Crippen LogP contribution in [-0.4, -0.2) is 14.6 Å². The van der Waals surface area contributed by atoms with E-state index >= 15 is 0 Å². The maximum absolute atomic E-state index is 10.8. The number of hydrogen-bond acceptors (Lipinski definition) is 3. The third-order valence-corrected chi connectivity index (χ3v) is 1.47. The molecule has 58 valence electrons. The van der Waals surface area contributed by atoms with Gasteiger partial charge in [0, 0.05) is 18.5 Å². The Morgan fingerprint density at radius 3 is 3.25 bits per heavy atom. The molecule has 0 saturated carbocycles. The molecule has 0 aliphatic rings. The summed E-state index contributed by atoms with van der Waals surface area (Å²) in [5, 5.41) is 11.0. The van der Waals surface area contributed by atoms with Gasteiger partial charge in [-0.25, -0.2) is 9.50 Å². The van der Waals surface area contributed by atoms with Crippen LogP contribution in [0.4, 0.5) is 0 Å². The molecule has 12 heavy (non-hydrogen) atoms. The van der Waals surface area contributed by atoms with E-state index in [0.29, 0.717) is 11.2 Å². The SMILES string of the molecule is N#Cc1cnc2cc(=O)[nH]n2c1. The molecule has 0 fully saturated rings. The van der Waals surface area contributed by atoms with E-state index in [1.54, 1.807) is 0 Å². The highest BCUT2D eigenvalue weighted by Gasteiger charge is 1.97. The summed E-state index contributed by atoms with van der Waals surface area (Å²) in [5.41, 5.74) is 0.700. The average molecular weight is 160 g/mol. The molecule has 0 atom stereocenters. The number of aromatic amines is 1. The second-order valence-corrected chi connectivity index (χ2v) is 2.30. The zero-order valence-corrected chi connectivity index (χ0v) is 5.98. The second kappa shape index (κ2) is 2.20. The van der Waals surface area contributed by atoms with E-state index in [4.69, 9.17) is 5.26 Å². The molecule has 1 N–H and O–H groups in total. The largest absolute Gasteiger partial charge is 0.268 e. The first-order chi connectivity index (χ1) is 5.79. The highest BCUT2D eigenvalue weighted by Crippen LogP contribution is 1.96. The van der Waals surface area contributed by atoms with Gasteiger partial charge in [0.05, 0.1) is 5.56 Å². The van der Waals surface area contributed by atoms with E-state index in [2.05, 4.69) is 10.1 Å². The quantitative estimate of drug-likeness (QED) is 0.584. The fraction of sp³-hybridized carbons (Fsp3) is 0. The molecule has 2 aromatic rings. The zero-order valence-electron chi connectivity index (χ0n) is 5.98. The van der Waals surface area contributed by atoms with Crippen molar-refractivity contribution in [2.24, 2.45) is 0 Å². The summed E-state index contributed by atoms with van der Waals surface area (Å²) in [5.74, 6) is 0. The van der Waals surface area contributed by atoms with Crippen LogP contribution in [0.2, 0.25) is 0 Å². The molecule has 2 aromatic heterocycles. The molecule has 0 spiro atoms. The van der Waals surface area contributed by atoms with Gasteiger partial charge < -0.3 is 0 Å². The van der Waals surface area contributed by atoms with Crippen LogP contribution in [0.1, 0.15) is 5.56 Å². The zero-order chi connectivity index (χ0) is 8.55. The molecule has 2 rings (SSSR count). The lowest BCUT2D eigenvalue weighted by Gasteiger charge is -1.91. The third-order valence-electron chi connectivity index (χ3n) is 1.47. The maximum atomic E-state index is 10.8. The van der Waals surface area contributed by atoms with Crippen molar-refractivity contribution in [1.82, 2.24) is 14.6 Å². The van der Waals surface area contributed by atoms with Crippen molar-refractivity contribution in [2.75, 3.05) is 0 Å². The maximum Gasteiger partial charge on any atom is 0.266 e. The summed E-state index contributed by atoms with van der Waals surface area (Å²) in [4.78, 5) is 14.7. The van der Waals surface area contributed by atoms with Crippen molar-refractivity contribution >= 4 is 5.65 Å². The van der Waals surface area contributed by atoms with Crippen LogP contribution in [0.5, 0.6) is 0 Å². The Morgan fingerprint density at radius 2 is 2.50 bits per heavy atom. The van der Waals surface area contributed by atoms with Crippen LogP contribution < -0.4 is 5.56 Å². The van der Waals surface area contributed by atoms with Crippen LogP contribution in [-0.2, 0) is 0 Å². The first-order valence-electron chi connectivity index (χ1n) is 3.27. The summed E-state index contributed by atoms with van der Waals surface area (Å²) < 4.78 is 1.42. The molecule has 0 aliphatic carbocycles. The molecule has 2 heterocycles. The van der Waals surface area contributed by atoms with Gasteiger partial charge in [-0.1, -0.05) is 0 Å². The van der Waals surface area contributed by atoms with E-state index in [-0.39, 0.29) is 5.56 Å². The normalized spacial score (nSPS) is 9.92. The lowest BCUT2D eigenvalue weighted by Crippen LogP contribution is -1.98. The summed E-state index contributed by atoms with van der Waals surface area (Å²) in [6.45, 7) is 0. The van der Waals surface area contributed by atoms with E-state index < -0.39 is 0 Å². The molecule has 0 aliphatic heterocycles. The Morgan fingerprint density at radius 1 is 1.67 bits per heavy atom. The first kappa shape index (κ1) is 6.61. The minimum atomic E-state index is -0.224. The number of fused-ring (bicyclic) bond motifs is 1. The van der Waals surface area contributed by atoms with Crippen molar-refractivity contribution in [3.63, 3.8) is 0 Å². The Kier molecular flexibility index (Phi) is 1.21. The highest BCUT2D eigenvalue weighted by molar-refractivity contribution is 5.38. The molecule has 0 saturated heterocycles. The van der Waals surface area contributed by atoms with Crippen LogP contribution >= 0.6 is 0 Å².